The van der Waals surface area contributed by atoms with Gasteiger partial charge in [0, 0.05) is 31.2 Å². The van der Waals surface area contributed by atoms with Gasteiger partial charge in [0.2, 0.25) is 0 Å². The van der Waals surface area contributed by atoms with Crippen molar-refractivity contribution in [2.24, 2.45) is 0 Å². The molecule has 1 aliphatic carbocycles. The van der Waals surface area contributed by atoms with Gasteiger partial charge in [-0.2, -0.15) is 0 Å². The molecule has 0 unspecified atom stereocenters. The third-order valence-electron chi connectivity index (χ3n) is 7.55. The minimum Gasteiger partial charge on any atom is -0.394 e. The maximum Gasteiger partial charge on any atom is 0.129 e. The lowest BCUT2D eigenvalue weighted by Gasteiger charge is -2.42. The Bertz CT molecular complexity index is 932. The zero-order chi connectivity index (χ0) is 22.9. The Morgan fingerprint density at radius 1 is 1.03 bits per heavy atom. The summed E-state index contributed by atoms with van der Waals surface area (Å²) in [6, 6.07) is 13.7. The van der Waals surface area contributed by atoms with Crippen LogP contribution in [0.2, 0.25) is 0 Å². The van der Waals surface area contributed by atoms with Gasteiger partial charge in [-0.1, -0.05) is 45.9 Å². The van der Waals surface area contributed by atoms with Crippen LogP contribution < -0.4 is 10.2 Å². The number of piperidine rings is 1. The summed E-state index contributed by atoms with van der Waals surface area (Å²) in [5, 5.41) is 21.9. The van der Waals surface area contributed by atoms with Crippen molar-refractivity contribution in [3.05, 3.63) is 47.5 Å². The predicted molar refractivity (Wildman–Crippen MR) is 131 cm³/mol. The summed E-state index contributed by atoms with van der Waals surface area (Å²) in [6.07, 6.45) is 3.77. The van der Waals surface area contributed by atoms with Crippen molar-refractivity contribution in [3.8, 4) is 11.3 Å². The number of nitrogens with one attached hydrogen (secondary N) is 1. The number of hydrogen-bond acceptors (Lipinski definition) is 5. The van der Waals surface area contributed by atoms with Crippen molar-refractivity contribution in [2.75, 3.05) is 31.1 Å². The van der Waals surface area contributed by atoms with Crippen LogP contribution in [-0.2, 0) is 10.8 Å². The van der Waals surface area contributed by atoms with E-state index in [4.69, 9.17) is 10.1 Å². The van der Waals surface area contributed by atoms with Gasteiger partial charge in [0.15, 0.2) is 0 Å². The first-order chi connectivity index (χ1) is 15.2. The van der Waals surface area contributed by atoms with E-state index in [0.29, 0.717) is 12.6 Å². The Labute approximate surface area is 192 Å². The molecule has 3 N–H and O–H groups in total. The molecule has 2 aromatic rings. The van der Waals surface area contributed by atoms with Crippen LogP contribution in [0.25, 0.3) is 11.3 Å². The van der Waals surface area contributed by atoms with E-state index in [0.717, 1.165) is 37.4 Å². The Balaban J connectivity index is 1.50. The second-order valence-corrected chi connectivity index (χ2v) is 10.9. The smallest absolute Gasteiger partial charge is 0.129 e. The first kappa shape index (κ1) is 23.2. The molecule has 1 atom stereocenters. The number of hydrogen-bond donors (Lipinski definition) is 3. The van der Waals surface area contributed by atoms with Crippen LogP contribution in [0.1, 0.15) is 64.5 Å². The van der Waals surface area contributed by atoms with Crippen LogP contribution in [0.15, 0.2) is 36.4 Å². The lowest BCUT2D eigenvalue weighted by molar-refractivity contribution is 0.0909. The van der Waals surface area contributed by atoms with Gasteiger partial charge in [0.1, 0.15) is 5.82 Å². The Morgan fingerprint density at radius 3 is 2.41 bits per heavy atom. The van der Waals surface area contributed by atoms with E-state index in [1.807, 2.05) is 0 Å². The number of pyridine rings is 1. The van der Waals surface area contributed by atoms with Gasteiger partial charge >= 0.3 is 0 Å². The number of aromatic nitrogens is 1. The highest BCUT2D eigenvalue weighted by Crippen LogP contribution is 2.46. The molecule has 32 heavy (non-hydrogen) atoms. The SMILES string of the molecule is CC1(C)CCC(C)(C)c2cc(-c3cccc(N4CCC(NC[C@@H](O)CO)CC4)n3)ccc21. The lowest BCUT2D eigenvalue weighted by atomic mass is 9.63. The number of nitrogens with zero attached hydrogens (tertiary/aromatic N) is 2. The Hall–Kier alpha value is -1.95. The quantitative estimate of drug-likeness (QED) is 0.637. The minimum absolute atomic E-state index is 0.191. The summed E-state index contributed by atoms with van der Waals surface area (Å²) in [6.45, 7) is 11.6. The van der Waals surface area contributed by atoms with E-state index in [1.54, 1.807) is 0 Å². The Morgan fingerprint density at radius 2 is 1.72 bits per heavy atom. The van der Waals surface area contributed by atoms with Crippen LogP contribution >= 0.6 is 0 Å². The highest BCUT2D eigenvalue weighted by Gasteiger charge is 2.37. The van der Waals surface area contributed by atoms with Crippen molar-refractivity contribution in [1.82, 2.24) is 10.3 Å². The molecule has 0 saturated carbocycles. The van der Waals surface area contributed by atoms with E-state index >= 15 is 0 Å². The molecule has 0 radical (unpaired) electrons. The molecule has 0 bridgehead atoms. The van der Waals surface area contributed by atoms with Gasteiger partial charge in [0.25, 0.3) is 0 Å². The molecule has 2 aliphatic rings. The molecule has 1 aromatic heterocycles. The molecule has 1 fully saturated rings. The van der Waals surface area contributed by atoms with Crippen molar-refractivity contribution in [1.29, 1.82) is 0 Å². The number of fused-ring (bicyclic) bond motifs is 1. The van der Waals surface area contributed by atoms with E-state index in [1.165, 1.54) is 29.5 Å². The summed E-state index contributed by atoms with van der Waals surface area (Å²) in [5.41, 5.74) is 5.60. The first-order valence-electron chi connectivity index (χ1n) is 12.1. The van der Waals surface area contributed by atoms with E-state index in [-0.39, 0.29) is 17.4 Å². The normalized spacial score (nSPS) is 21.2. The lowest BCUT2D eigenvalue weighted by Crippen LogP contribution is -2.45. The van der Waals surface area contributed by atoms with Crippen molar-refractivity contribution < 1.29 is 10.2 Å². The van der Waals surface area contributed by atoms with Gasteiger partial charge in [-0.15, -0.1) is 0 Å². The standard InChI is InChI=1S/C27H39N3O2/c1-26(2)12-13-27(3,4)23-16-19(8-9-22(23)26)24-6-5-7-25(29-24)30-14-10-20(11-15-30)28-17-21(32)18-31/h5-9,16,20-21,28,31-32H,10-15,17-18H2,1-4H3/t21-/m1/s1. The third kappa shape index (κ3) is 4.85. The fourth-order valence-electron chi connectivity index (χ4n) is 5.19. The first-order valence-corrected chi connectivity index (χ1v) is 12.1. The molecule has 0 spiro atoms. The van der Waals surface area contributed by atoms with Crippen LogP contribution in [0, 0.1) is 0 Å². The second kappa shape index (κ2) is 9.12. The zero-order valence-electron chi connectivity index (χ0n) is 20.1. The van der Waals surface area contributed by atoms with E-state index in [9.17, 15) is 5.11 Å². The molecular weight excluding hydrogens is 398 g/mol. The molecule has 5 heteroatoms. The summed E-state index contributed by atoms with van der Waals surface area (Å²) >= 11 is 0. The maximum absolute atomic E-state index is 9.56. The number of aliphatic hydroxyl groups is 2. The number of rotatable bonds is 6. The molecule has 1 saturated heterocycles. The highest BCUT2D eigenvalue weighted by molar-refractivity contribution is 5.65. The van der Waals surface area contributed by atoms with Crippen LogP contribution in [0.5, 0.6) is 0 Å². The number of aliphatic hydroxyl groups excluding tert-OH is 2. The fraction of sp³-hybridized carbons (Fsp3) is 0.593. The fourth-order valence-corrected chi connectivity index (χ4v) is 5.19. The Kier molecular flexibility index (Phi) is 6.62. The monoisotopic (exact) mass is 437 g/mol. The van der Waals surface area contributed by atoms with Gasteiger partial charge < -0.3 is 20.4 Å². The van der Waals surface area contributed by atoms with Gasteiger partial charge in [-0.25, -0.2) is 4.98 Å². The third-order valence-corrected chi connectivity index (χ3v) is 7.55. The molecule has 4 rings (SSSR count). The summed E-state index contributed by atoms with van der Waals surface area (Å²) in [7, 11) is 0. The molecule has 5 nitrogen and oxygen atoms in total. The predicted octanol–water partition coefficient (Wildman–Crippen LogP) is 4.01. The summed E-state index contributed by atoms with van der Waals surface area (Å²) in [5.74, 6) is 1.04. The van der Waals surface area contributed by atoms with Crippen molar-refractivity contribution in [2.45, 2.75) is 76.4 Å². The molecule has 2 heterocycles. The second-order valence-electron chi connectivity index (χ2n) is 10.9. The van der Waals surface area contributed by atoms with Crippen molar-refractivity contribution >= 4 is 5.82 Å². The van der Waals surface area contributed by atoms with Gasteiger partial charge in [0.05, 0.1) is 18.4 Å². The van der Waals surface area contributed by atoms with Crippen LogP contribution in [-0.4, -0.2) is 53.6 Å². The largest absolute Gasteiger partial charge is 0.394 e. The molecule has 1 aliphatic heterocycles. The molecule has 1 aromatic carbocycles. The average molecular weight is 438 g/mol. The van der Waals surface area contributed by atoms with Gasteiger partial charge in [-0.3, -0.25) is 0 Å². The highest BCUT2D eigenvalue weighted by atomic mass is 16.3. The topological polar surface area (TPSA) is 68.6 Å². The minimum atomic E-state index is -0.682. The molecular formula is C27H39N3O2. The van der Waals surface area contributed by atoms with Crippen LogP contribution in [0.4, 0.5) is 5.82 Å². The van der Waals surface area contributed by atoms with E-state index < -0.39 is 6.10 Å². The number of benzene rings is 1. The average Bonchev–Trinajstić information content (AvgIpc) is 2.81. The molecule has 0 amide bonds. The van der Waals surface area contributed by atoms with Gasteiger partial charge in [-0.05, 0) is 65.8 Å². The molecule has 174 valence electrons. The summed E-state index contributed by atoms with van der Waals surface area (Å²) < 4.78 is 0. The maximum atomic E-state index is 9.56. The number of anilines is 1. The summed E-state index contributed by atoms with van der Waals surface area (Å²) in [4.78, 5) is 7.40. The van der Waals surface area contributed by atoms with Crippen molar-refractivity contribution in [3.63, 3.8) is 0 Å². The van der Waals surface area contributed by atoms with E-state index in [2.05, 4.69) is 74.3 Å². The zero-order valence-corrected chi connectivity index (χ0v) is 20.1. The van der Waals surface area contributed by atoms with Crippen LogP contribution in [0.3, 0.4) is 0 Å².